The summed E-state index contributed by atoms with van der Waals surface area (Å²) in [5.74, 6) is -1.49. The van der Waals surface area contributed by atoms with Gasteiger partial charge in [0.2, 0.25) is 0 Å². The zero-order valence-corrected chi connectivity index (χ0v) is 10.8. The highest BCUT2D eigenvalue weighted by Gasteiger charge is 2.29. The minimum Gasteiger partial charge on any atom is -0.324 e. The Labute approximate surface area is 118 Å². The molecule has 6 heteroatoms. The zero-order chi connectivity index (χ0) is 15.6. The van der Waals surface area contributed by atoms with Gasteiger partial charge in [0.15, 0.2) is 0 Å². The summed E-state index contributed by atoms with van der Waals surface area (Å²) >= 11 is 0. The third-order valence-electron chi connectivity index (χ3n) is 3.05. The summed E-state index contributed by atoms with van der Waals surface area (Å²) in [4.78, 5) is 0. The molecule has 0 spiro atoms. The third kappa shape index (κ3) is 4.01. The molecule has 0 heterocycles. The number of hydrogen-bond acceptors (Lipinski definition) is 1. The first-order valence-electron chi connectivity index (χ1n) is 6.13. The van der Waals surface area contributed by atoms with Gasteiger partial charge in [-0.3, -0.25) is 0 Å². The van der Waals surface area contributed by atoms with Gasteiger partial charge in [-0.2, -0.15) is 13.2 Å². The molecule has 2 rings (SSSR count). The van der Waals surface area contributed by atoms with Crippen LogP contribution in [0.1, 0.15) is 22.7 Å². The van der Waals surface area contributed by atoms with Crippen LogP contribution < -0.4 is 5.73 Å². The van der Waals surface area contributed by atoms with Crippen molar-refractivity contribution in [2.75, 3.05) is 0 Å². The van der Waals surface area contributed by atoms with Crippen LogP contribution in [0.5, 0.6) is 0 Å². The minimum atomic E-state index is -4.40. The Morgan fingerprint density at radius 3 is 1.90 bits per heavy atom. The van der Waals surface area contributed by atoms with Gasteiger partial charge in [0.25, 0.3) is 0 Å². The molecule has 112 valence electrons. The Kier molecular flexibility index (Phi) is 4.27. The molecule has 0 aliphatic heterocycles. The lowest BCUT2D eigenvalue weighted by atomic mass is 9.98. The van der Waals surface area contributed by atoms with Gasteiger partial charge in [-0.05, 0) is 41.8 Å². The molecule has 0 radical (unpaired) electrons. The van der Waals surface area contributed by atoms with E-state index in [0.29, 0.717) is 5.56 Å². The molecule has 1 atom stereocenters. The number of halogens is 5. The van der Waals surface area contributed by atoms with Gasteiger partial charge in [-0.15, -0.1) is 0 Å². The van der Waals surface area contributed by atoms with E-state index >= 15 is 0 Å². The summed E-state index contributed by atoms with van der Waals surface area (Å²) in [6.07, 6.45) is -4.21. The molecule has 21 heavy (non-hydrogen) atoms. The fourth-order valence-corrected chi connectivity index (χ4v) is 1.99. The molecule has 1 nitrogen and oxygen atoms in total. The van der Waals surface area contributed by atoms with Crippen molar-refractivity contribution >= 4 is 0 Å². The Hall–Kier alpha value is -1.95. The first kappa shape index (κ1) is 15.4. The molecule has 2 N–H and O–H groups in total. The predicted octanol–water partition coefficient (Wildman–Crippen LogP) is 4.23. The average Bonchev–Trinajstić information content (AvgIpc) is 2.37. The third-order valence-corrected chi connectivity index (χ3v) is 3.05. The van der Waals surface area contributed by atoms with Crippen LogP contribution in [-0.4, -0.2) is 0 Å². The second kappa shape index (κ2) is 5.81. The second-order valence-electron chi connectivity index (χ2n) is 4.71. The summed E-state index contributed by atoms with van der Waals surface area (Å²) < 4.78 is 63.5. The molecule has 0 amide bonds. The standard InChI is InChI=1S/C15H12F5N/c16-12-6-10(7-13(17)8-12)14(21)5-9-1-3-11(4-2-9)15(18,19)20/h1-4,6-8,14H,5,21H2. The van der Waals surface area contributed by atoms with Gasteiger partial charge in [0.05, 0.1) is 5.56 Å². The summed E-state index contributed by atoms with van der Waals surface area (Å²) in [6.45, 7) is 0. The number of rotatable bonds is 3. The Morgan fingerprint density at radius 2 is 1.43 bits per heavy atom. The van der Waals surface area contributed by atoms with Crippen LogP contribution in [0, 0.1) is 11.6 Å². The van der Waals surface area contributed by atoms with E-state index in [4.69, 9.17) is 5.73 Å². The maximum Gasteiger partial charge on any atom is 0.416 e. The monoisotopic (exact) mass is 301 g/mol. The molecule has 0 aliphatic carbocycles. The molecule has 0 bridgehead atoms. The van der Waals surface area contributed by atoms with Crippen molar-refractivity contribution in [2.45, 2.75) is 18.6 Å². The molecule has 1 unspecified atom stereocenters. The van der Waals surface area contributed by atoms with E-state index in [1.165, 1.54) is 12.1 Å². The molecule has 0 saturated carbocycles. The van der Waals surface area contributed by atoms with Crippen molar-refractivity contribution in [1.82, 2.24) is 0 Å². The van der Waals surface area contributed by atoms with Crippen molar-refractivity contribution in [1.29, 1.82) is 0 Å². The molecule has 0 fully saturated rings. The topological polar surface area (TPSA) is 26.0 Å². The van der Waals surface area contributed by atoms with E-state index in [1.54, 1.807) is 0 Å². The quantitative estimate of drug-likeness (QED) is 0.844. The Bertz CT molecular complexity index is 599. The highest BCUT2D eigenvalue weighted by Crippen LogP contribution is 2.29. The molecular formula is C15H12F5N. The molecule has 2 aromatic carbocycles. The maximum atomic E-state index is 13.1. The summed E-state index contributed by atoms with van der Waals surface area (Å²) in [7, 11) is 0. The van der Waals surface area contributed by atoms with Crippen molar-refractivity contribution in [2.24, 2.45) is 5.73 Å². The maximum absolute atomic E-state index is 13.1. The highest BCUT2D eigenvalue weighted by atomic mass is 19.4. The summed E-state index contributed by atoms with van der Waals surface area (Å²) in [5, 5.41) is 0. The highest BCUT2D eigenvalue weighted by molar-refractivity contribution is 5.28. The van der Waals surface area contributed by atoms with Gasteiger partial charge in [-0.25, -0.2) is 8.78 Å². The van der Waals surface area contributed by atoms with E-state index in [2.05, 4.69) is 0 Å². The van der Waals surface area contributed by atoms with Gasteiger partial charge in [0.1, 0.15) is 11.6 Å². The fraction of sp³-hybridized carbons (Fsp3) is 0.200. The first-order valence-corrected chi connectivity index (χ1v) is 6.13. The average molecular weight is 301 g/mol. The molecule has 0 aromatic heterocycles. The molecule has 0 saturated heterocycles. The van der Waals surface area contributed by atoms with E-state index < -0.39 is 29.4 Å². The van der Waals surface area contributed by atoms with Crippen LogP contribution in [0.4, 0.5) is 22.0 Å². The minimum absolute atomic E-state index is 0.182. The predicted molar refractivity (Wildman–Crippen MR) is 68.4 cm³/mol. The number of nitrogens with two attached hydrogens (primary N) is 1. The van der Waals surface area contributed by atoms with Gasteiger partial charge in [0, 0.05) is 12.1 Å². The normalized spacial score (nSPS) is 13.2. The number of hydrogen-bond donors (Lipinski definition) is 1. The van der Waals surface area contributed by atoms with Crippen LogP contribution in [0.2, 0.25) is 0 Å². The fourth-order valence-electron chi connectivity index (χ4n) is 1.99. The second-order valence-corrected chi connectivity index (χ2v) is 4.71. The van der Waals surface area contributed by atoms with Crippen LogP contribution in [0.3, 0.4) is 0 Å². The molecule has 0 aliphatic rings. The van der Waals surface area contributed by atoms with E-state index in [-0.39, 0.29) is 12.0 Å². The van der Waals surface area contributed by atoms with Gasteiger partial charge in [-0.1, -0.05) is 12.1 Å². The largest absolute Gasteiger partial charge is 0.416 e. The van der Waals surface area contributed by atoms with Crippen molar-refractivity contribution in [3.05, 3.63) is 70.8 Å². The van der Waals surface area contributed by atoms with Crippen LogP contribution in [0.15, 0.2) is 42.5 Å². The lowest BCUT2D eigenvalue weighted by Crippen LogP contribution is -2.14. The zero-order valence-electron chi connectivity index (χ0n) is 10.8. The lowest BCUT2D eigenvalue weighted by Gasteiger charge is -2.13. The van der Waals surface area contributed by atoms with Crippen molar-refractivity contribution in [3.8, 4) is 0 Å². The summed E-state index contributed by atoms with van der Waals surface area (Å²) in [5.41, 5.74) is 5.89. The summed E-state index contributed by atoms with van der Waals surface area (Å²) in [6, 6.07) is 6.76. The van der Waals surface area contributed by atoms with Crippen molar-refractivity contribution in [3.63, 3.8) is 0 Å². The van der Waals surface area contributed by atoms with E-state index in [1.807, 2.05) is 0 Å². The van der Waals surface area contributed by atoms with Crippen LogP contribution in [0.25, 0.3) is 0 Å². The van der Waals surface area contributed by atoms with Crippen LogP contribution >= 0.6 is 0 Å². The SMILES string of the molecule is NC(Cc1ccc(C(F)(F)F)cc1)c1cc(F)cc(F)c1. The van der Waals surface area contributed by atoms with E-state index in [9.17, 15) is 22.0 Å². The van der Waals surface area contributed by atoms with E-state index in [0.717, 1.165) is 30.3 Å². The van der Waals surface area contributed by atoms with Crippen LogP contribution in [-0.2, 0) is 12.6 Å². The number of alkyl halides is 3. The van der Waals surface area contributed by atoms with Crippen molar-refractivity contribution < 1.29 is 22.0 Å². The van der Waals surface area contributed by atoms with Gasteiger partial charge >= 0.3 is 6.18 Å². The Balaban J connectivity index is 2.14. The molecule has 2 aromatic rings. The smallest absolute Gasteiger partial charge is 0.324 e. The number of benzene rings is 2. The lowest BCUT2D eigenvalue weighted by molar-refractivity contribution is -0.137. The Morgan fingerprint density at radius 1 is 0.905 bits per heavy atom. The first-order chi connectivity index (χ1) is 9.75. The van der Waals surface area contributed by atoms with Gasteiger partial charge < -0.3 is 5.73 Å². The molecular weight excluding hydrogens is 289 g/mol.